The van der Waals surface area contributed by atoms with E-state index >= 15 is 0 Å². The van der Waals surface area contributed by atoms with Crippen molar-refractivity contribution in [1.82, 2.24) is 0 Å². The van der Waals surface area contributed by atoms with Crippen LogP contribution in [0, 0.1) is 16.0 Å². The number of nitro benzene ring substituents is 1. The number of carbonyl (C=O) groups excluding carboxylic acids is 2. The number of nitrogens with zero attached hydrogens (tertiary/aromatic N) is 3. The van der Waals surface area contributed by atoms with Crippen LogP contribution in [0.15, 0.2) is 78.9 Å². The highest BCUT2D eigenvalue weighted by Gasteiger charge is 2.60. The van der Waals surface area contributed by atoms with E-state index in [4.69, 9.17) is 4.84 Å². The molecule has 2 heterocycles. The summed E-state index contributed by atoms with van der Waals surface area (Å²) in [6.07, 6.45) is -6.07. The quantitative estimate of drug-likeness (QED) is 0.288. The standard InChI is InChI=1S/C24H16F3N3O6/c25-24(26,27)35-18-12-6-14(7-13-18)20-19-21(36-29(20)16-4-2-1-3-5-16)23(32)28(22(19)31)15-8-10-17(11-9-15)30(33)34/h1-13,19-21H/t19-,20+,21-/m1/s1. The number of benzene rings is 3. The van der Waals surface area contributed by atoms with E-state index < -0.39 is 46.9 Å². The maximum absolute atomic E-state index is 13.5. The molecule has 5 rings (SSSR count). The molecule has 0 unspecified atom stereocenters. The number of carbonyl (C=O) groups is 2. The number of halogens is 3. The summed E-state index contributed by atoms with van der Waals surface area (Å²) in [5, 5.41) is 12.4. The van der Waals surface area contributed by atoms with Gasteiger partial charge in [0.2, 0.25) is 5.91 Å². The lowest BCUT2D eigenvalue weighted by Crippen LogP contribution is -2.37. The van der Waals surface area contributed by atoms with Gasteiger partial charge in [0.05, 0.1) is 22.3 Å². The van der Waals surface area contributed by atoms with Crippen molar-refractivity contribution in [1.29, 1.82) is 0 Å². The molecule has 2 fully saturated rings. The summed E-state index contributed by atoms with van der Waals surface area (Å²) in [6.45, 7) is 0. The number of hydrogen-bond donors (Lipinski definition) is 0. The zero-order chi connectivity index (χ0) is 25.6. The molecule has 3 atom stereocenters. The first-order valence-corrected chi connectivity index (χ1v) is 10.6. The highest BCUT2D eigenvalue weighted by Crippen LogP contribution is 2.47. The first kappa shape index (κ1) is 23.3. The Morgan fingerprint density at radius 3 is 2.08 bits per heavy atom. The Bertz CT molecular complexity index is 1320. The van der Waals surface area contributed by atoms with Gasteiger partial charge in [-0.1, -0.05) is 30.3 Å². The molecule has 0 radical (unpaired) electrons. The molecule has 0 aromatic heterocycles. The predicted octanol–water partition coefficient (Wildman–Crippen LogP) is 4.54. The second kappa shape index (κ2) is 8.64. The number of amides is 2. The van der Waals surface area contributed by atoms with E-state index in [2.05, 4.69) is 4.74 Å². The number of alkyl halides is 3. The first-order valence-electron chi connectivity index (χ1n) is 10.6. The van der Waals surface area contributed by atoms with Gasteiger partial charge in [-0.3, -0.25) is 24.5 Å². The molecule has 12 heteroatoms. The molecule has 2 amide bonds. The lowest BCUT2D eigenvalue weighted by molar-refractivity contribution is -0.384. The third kappa shape index (κ3) is 4.11. The molecule has 9 nitrogen and oxygen atoms in total. The molecule has 0 spiro atoms. The molecule has 2 aliphatic rings. The number of rotatable bonds is 5. The summed E-state index contributed by atoms with van der Waals surface area (Å²) in [7, 11) is 0. The summed E-state index contributed by atoms with van der Waals surface area (Å²) in [6, 6.07) is 17.7. The van der Waals surface area contributed by atoms with Crippen LogP contribution in [0.3, 0.4) is 0 Å². The Hall–Kier alpha value is -4.45. The maximum Gasteiger partial charge on any atom is 0.573 e. The van der Waals surface area contributed by atoms with Gasteiger partial charge in [0.15, 0.2) is 6.10 Å². The van der Waals surface area contributed by atoms with E-state index in [1.807, 2.05) is 0 Å². The number of nitro groups is 1. The Labute approximate surface area is 201 Å². The molecular weight excluding hydrogens is 483 g/mol. The van der Waals surface area contributed by atoms with Crippen LogP contribution in [0.25, 0.3) is 0 Å². The van der Waals surface area contributed by atoms with Gasteiger partial charge in [-0.05, 0) is 42.0 Å². The molecule has 0 N–H and O–H groups in total. The normalized spacial score (nSPS) is 21.6. The van der Waals surface area contributed by atoms with Crippen molar-refractivity contribution in [3.05, 3.63) is 94.5 Å². The van der Waals surface area contributed by atoms with Crippen LogP contribution < -0.4 is 14.7 Å². The van der Waals surface area contributed by atoms with E-state index in [1.54, 1.807) is 30.3 Å². The van der Waals surface area contributed by atoms with Crippen LogP contribution in [0.4, 0.5) is 30.2 Å². The Morgan fingerprint density at radius 2 is 1.50 bits per heavy atom. The smallest absolute Gasteiger partial charge is 0.406 e. The molecule has 0 bridgehead atoms. The zero-order valence-electron chi connectivity index (χ0n) is 18.2. The van der Waals surface area contributed by atoms with Crippen molar-refractivity contribution in [2.24, 2.45) is 5.92 Å². The zero-order valence-corrected chi connectivity index (χ0v) is 18.2. The van der Waals surface area contributed by atoms with Gasteiger partial charge in [0, 0.05) is 12.1 Å². The molecule has 0 saturated carbocycles. The first-order chi connectivity index (χ1) is 17.1. The number of para-hydroxylation sites is 1. The Morgan fingerprint density at radius 1 is 0.861 bits per heavy atom. The van der Waals surface area contributed by atoms with E-state index in [9.17, 15) is 32.9 Å². The SMILES string of the molecule is O=C1[C@H]2[C@@H](ON(c3ccccc3)[C@H]2c2ccc(OC(F)(F)F)cc2)C(=O)N1c1ccc([N+](=O)[O-])cc1. The largest absolute Gasteiger partial charge is 0.573 e. The van der Waals surface area contributed by atoms with Gasteiger partial charge in [-0.2, -0.15) is 0 Å². The van der Waals surface area contributed by atoms with Crippen LogP contribution in [0.2, 0.25) is 0 Å². The van der Waals surface area contributed by atoms with Gasteiger partial charge in [-0.25, -0.2) is 9.96 Å². The minimum atomic E-state index is -4.86. The van der Waals surface area contributed by atoms with Crippen LogP contribution in [0.5, 0.6) is 5.75 Å². The third-order valence-corrected chi connectivity index (χ3v) is 5.90. The highest BCUT2D eigenvalue weighted by molar-refractivity contribution is 6.23. The minimum absolute atomic E-state index is 0.146. The summed E-state index contributed by atoms with van der Waals surface area (Å²) in [5.74, 6) is -2.71. The monoisotopic (exact) mass is 499 g/mol. The second-order valence-corrected chi connectivity index (χ2v) is 8.06. The fraction of sp³-hybridized carbons (Fsp3) is 0.167. The van der Waals surface area contributed by atoms with E-state index in [0.29, 0.717) is 11.3 Å². The van der Waals surface area contributed by atoms with Gasteiger partial charge in [0.1, 0.15) is 11.7 Å². The van der Waals surface area contributed by atoms with Crippen molar-refractivity contribution in [2.75, 3.05) is 9.96 Å². The van der Waals surface area contributed by atoms with Crippen LogP contribution in [-0.2, 0) is 14.4 Å². The number of imide groups is 1. The average molecular weight is 499 g/mol. The van der Waals surface area contributed by atoms with Crippen LogP contribution in [-0.4, -0.2) is 29.2 Å². The molecule has 36 heavy (non-hydrogen) atoms. The molecule has 3 aromatic carbocycles. The van der Waals surface area contributed by atoms with Crippen LogP contribution in [0.1, 0.15) is 11.6 Å². The number of fused-ring (bicyclic) bond motifs is 1. The summed E-state index contributed by atoms with van der Waals surface area (Å²) >= 11 is 0. The highest BCUT2D eigenvalue weighted by atomic mass is 19.4. The molecule has 3 aromatic rings. The van der Waals surface area contributed by atoms with E-state index in [0.717, 1.165) is 17.0 Å². The Balaban J connectivity index is 1.51. The van der Waals surface area contributed by atoms with Crippen molar-refractivity contribution in [3.63, 3.8) is 0 Å². The number of anilines is 2. The number of ether oxygens (including phenoxy) is 1. The molecular formula is C24H16F3N3O6. The van der Waals surface area contributed by atoms with Crippen molar-refractivity contribution < 1.29 is 37.3 Å². The fourth-order valence-electron chi connectivity index (χ4n) is 4.40. The lowest BCUT2D eigenvalue weighted by Gasteiger charge is -2.28. The van der Waals surface area contributed by atoms with Gasteiger partial charge < -0.3 is 4.74 Å². The number of hydrogen-bond acceptors (Lipinski definition) is 7. The molecule has 2 aliphatic heterocycles. The van der Waals surface area contributed by atoms with Crippen molar-refractivity contribution in [3.8, 4) is 5.75 Å². The van der Waals surface area contributed by atoms with Gasteiger partial charge >= 0.3 is 6.36 Å². The van der Waals surface area contributed by atoms with Crippen LogP contribution >= 0.6 is 0 Å². The Kier molecular flexibility index (Phi) is 5.59. The molecule has 0 aliphatic carbocycles. The van der Waals surface area contributed by atoms with Gasteiger partial charge in [-0.15, -0.1) is 13.2 Å². The average Bonchev–Trinajstić information content (AvgIpc) is 3.35. The molecule has 2 saturated heterocycles. The van der Waals surface area contributed by atoms with Crippen molar-refractivity contribution in [2.45, 2.75) is 18.5 Å². The van der Waals surface area contributed by atoms with E-state index in [1.165, 1.54) is 41.5 Å². The summed E-state index contributed by atoms with van der Waals surface area (Å²) in [4.78, 5) is 44.0. The van der Waals surface area contributed by atoms with Crippen molar-refractivity contribution >= 4 is 28.9 Å². The second-order valence-electron chi connectivity index (χ2n) is 8.06. The summed E-state index contributed by atoms with van der Waals surface area (Å²) < 4.78 is 41.7. The predicted molar refractivity (Wildman–Crippen MR) is 119 cm³/mol. The van der Waals surface area contributed by atoms with E-state index in [-0.39, 0.29) is 11.4 Å². The third-order valence-electron chi connectivity index (χ3n) is 5.90. The lowest BCUT2D eigenvalue weighted by atomic mass is 9.90. The van der Waals surface area contributed by atoms with Gasteiger partial charge in [0.25, 0.3) is 11.6 Å². The number of non-ortho nitro benzene ring substituents is 1. The minimum Gasteiger partial charge on any atom is -0.406 e. The maximum atomic E-state index is 13.5. The summed E-state index contributed by atoms with van der Waals surface area (Å²) in [5.41, 5.74) is 0.902. The number of hydroxylamine groups is 1. The molecule has 184 valence electrons. The topological polar surface area (TPSA) is 102 Å². The fourth-order valence-corrected chi connectivity index (χ4v) is 4.40.